The first-order valence-corrected chi connectivity index (χ1v) is 10.1. The van der Waals surface area contributed by atoms with Gasteiger partial charge in [-0.1, -0.05) is 77.5 Å². The van der Waals surface area contributed by atoms with Crippen LogP contribution in [0.2, 0.25) is 0 Å². The van der Waals surface area contributed by atoms with Crippen LogP contribution >= 0.6 is 0 Å². The van der Waals surface area contributed by atoms with Crippen molar-refractivity contribution in [2.24, 2.45) is 22.1 Å². The number of oxime groups is 1. The molecule has 0 aliphatic heterocycles. The number of hydrazone groups is 1. The van der Waals surface area contributed by atoms with E-state index in [9.17, 15) is 4.79 Å². The third-order valence-corrected chi connectivity index (χ3v) is 5.51. The fourth-order valence-electron chi connectivity index (χ4n) is 3.96. The van der Waals surface area contributed by atoms with Crippen LogP contribution in [0.4, 0.5) is 0 Å². The van der Waals surface area contributed by atoms with Gasteiger partial charge in [0.2, 0.25) is 0 Å². The van der Waals surface area contributed by atoms with E-state index in [0.29, 0.717) is 11.8 Å². The highest BCUT2D eigenvalue weighted by molar-refractivity contribution is 5.98. The molecule has 30 heavy (non-hydrogen) atoms. The van der Waals surface area contributed by atoms with E-state index in [1.165, 1.54) is 22.3 Å². The maximum Gasteiger partial charge on any atom is 0.280 e. The first-order chi connectivity index (χ1) is 14.6. The van der Waals surface area contributed by atoms with Gasteiger partial charge in [-0.3, -0.25) is 4.79 Å². The molecule has 0 saturated heterocycles. The first kappa shape index (κ1) is 19.8. The number of benzene rings is 2. The monoisotopic (exact) mass is 399 g/mol. The Labute approximate surface area is 176 Å². The lowest BCUT2D eigenvalue weighted by molar-refractivity contribution is -0.125. The van der Waals surface area contributed by atoms with Gasteiger partial charge in [-0.15, -0.1) is 0 Å². The summed E-state index contributed by atoms with van der Waals surface area (Å²) in [6, 6.07) is 18.3. The Morgan fingerprint density at radius 1 is 1.10 bits per heavy atom. The van der Waals surface area contributed by atoms with Crippen LogP contribution in [-0.2, 0) is 9.63 Å². The zero-order chi connectivity index (χ0) is 20.9. The van der Waals surface area contributed by atoms with E-state index in [0.717, 1.165) is 17.7 Å². The Kier molecular flexibility index (Phi) is 5.89. The van der Waals surface area contributed by atoms with Gasteiger partial charge in [0.25, 0.3) is 5.91 Å². The van der Waals surface area contributed by atoms with Gasteiger partial charge < -0.3 is 4.84 Å². The molecule has 2 unspecified atom stereocenters. The summed E-state index contributed by atoms with van der Waals surface area (Å²) in [5.74, 6) is 0.452. The lowest BCUT2D eigenvalue weighted by atomic mass is 9.92. The highest BCUT2D eigenvalue weighted by Gasteiger charge is 2.34. The van der Waals surface area contributed by atoms with Crippen molar-refractivity contribution in [3.63, 3.8) is 0 Å². The Bertz CT molecular complexity index is 1030. The highest BCUT2D eigenvalue weighted by atomic mass is 16.6. The van der Waals surface area contributed by atoms with E-state index in [1.807, 2.05) is 56.3 Å². The van der Waals surface area contributed by atoms with Gasteiger partial charge >= 0.3 is 0 Å². The van der Waals surface area contributed by atoms with Crippen LogP contribution in [0.1, 0.15) is 30.0 Å². The zero-order valence-corrected chi connectivity index (χ0v) is 17.2. The van der Waals surface area contributed by atoms with Crippen LogP contribution in [0.3, 0.4) is 0 Å². The van der Waals surface area contributed by atoms with Gasteiger partial charge in [-0.2, -0.15) is 5.10 Å². The topological polar surface area (TPSA) is 63.0 Å². The molecule has 152 valence electrons. The summed E-state index contributed by atoms with van der Waals surface area (Å²) in [6.45, 7) is 3.70. The third-order valence-electron chi connectivity index (χ3n) is 5.51. The van der Waals surface area contributed by atoms with Gasteiger partial charge in [0, 0.05) is 11.8 Å². The predicted octanol–water partition coefficient (Wildman–Crippen LogP) is 4.50. The van der Waals surface area contributed by atoms with Crippen LogP contribution in [0.5, 0.6) is 0 Å². The number of nitrogens with one attached hydrogen (secondary N) is 1. The number of carbonyl (C=O) groups excluding carboxylic acids is 1. The molecule has 2 aromatic carbocycles. The molecule has 0 saturated carbocycles. The normalized spacial score (nSPS) is 20.3. The highest BCUT2D eigenvalue weighted by Crippen LogP contribution is 2.47. The van der Waals surface area contributed by atoms with E-state index in [4.69, 9.17) is 4.84 Å². The minimum Gasteiger partial charge on any atom is -0.385 e. The number of carbonyl (C=O) groups is 1. The molecule has 0 radical (unpaired) electrons. The van der Waals surface area contributed by atoms with Crippen LogP contribution in [0, 0.1) is 18.8 Å². The molecule has 2 bridgehead atoms. The second kappa shape index (κ2) is 8.91. The average molecular weight is 399 g/mol. The maximum atomic E-state index is 12.0. The lowest BCUT2D eigenvalue weighted by Gasteiger charge is -2.13. The van der Waals surface area contributed by atoms with E-state index in [1.54, 1.807) is 6.21 Å². The van der Waals surface area contributed by atoms with Gasteiger partial charge in [-0.25, -0.2) is 5.43 Å². The molecule has 2 aliphatic carbocycles. The summed E-state index contributed by atoms with van der Waals surface area (Å²) in [6.07, 6.45) is 7.35. The standard InChI is InChI=1S/C25H25N3O2/c1-17-8-10-19(11-9-17)18(2)28-30-16-24(29)27-26-15-23-21-12-13-22(14-21)25(23)20-6-4-3-5-7-20/h3-13,15,21-22H,14,16H2,1-2H3,(H,27,29). The summed E-state index contributed by atoms with van der Waals surface area (Å²) in [5, 5.41) is 8.19. The van der Waals surface area contributed by atoms with Gasteiger partial charge in [0.05, 0.1) is 11.9 Å². The van der Waals surface area contributed by atoms with Crippen LogP contribution < -0.4 is 5.43 Å². The van der Waals surface area contributed by atoms with Crippen molar-refractivity contribution in [1.29, 1.82) is 0 Å². The number of nitrogens with zero attached hydrogens (tertiary/aromatic N) is 2. The fourth-order valence-corrected chi connectivity index (χ4v) is 3.96. The van der Waals surface area contributed by atoms with Crippen molar-refractivity contribution in [2.75, 3.05) is 6.61 Å². The largest absolute Gasteiger partial charge is 0.385 e. The quantitative estimate of drug-likeness (QED) is 0.423. The van der Waals surface area contributed by atoms with Crippen molar-refractivity contribution in [3.05, 3.63) is 89.0 Å². The molecule has 2 atom stereocenters. The molecule has 2 aliphatic rings. The zero-order valence-electron chi connectivity index (χ0n) is 17.2. The van der Waals surface area contributed by atoms with Gasteiger partial charge in [-0.05, 0) is 42.5 Å². The number of hydrogen-bond donors (Lipinski definition) is 1. The number of fused-ring (bicyclic) bond motifs is 2. The SMILES string of the molecule is CC(=NOCC(=O)NN=CC1=C(c2ccccc2)C2C=CC1C2)c1ccc(C)cc1. The molecule has 0 aromatic heterocycles. The number of aryl methyl sites for hydroxylation is 1. The summed E-state index contributed by atoms with van der Waals surface area (Å²) >= 11 is 0. The van der Waals surface area contributed by atoms with E-state index in [-0.39, 0.29) is 12.5 Å². The van der Waals surface area contributed by atoms with Crippen molar-refractivity contribution in [3.8, 4) is 0 Å². The molecule has 2 aromatic rings. The summed E-state index contributed by atoms with van der Waals surface area (Å²) < 4.78 is 0. The average Bonchev–Trinajstić information content (AvgIpc) is 3.36. The maximum absolute atomic E-state index is 12.0. The van der Waals surface area contributed by atoms with Crippen LogP contribution in [0.25, 0.3) is 5.57 Å². The second-order valence-electron chi connectivity index (χ2n) is 7.68. The summed E-state index contributed by atoms with van der Waals surface area (Å²) in [5.41, 5.74) is 9.09. The number of amides is 1. The molecule has 0 heterocycles. The number of hydrogen-bond acceptors (Lipinski definition) is 4. The van der Waals surface area contributed by atoms with Gasteiger partial charge in [0.1, 0.15) is 0 Å². The Hall–Kier alpha value is -3.47. The van der Waals surface area contributed by atoms with Crippen molar-refractivity contribution >= 4 is 23.4 Å². The third kappa shape index (κ3) is 4.40. The minimum absolute atomic E-state index is 0.183. The Morgan fingerprint density at radius 2 is 1.83 bits per heavy atom. The first-order valence-electron chi connectivity index (χ1n) is 10.1. The molecule has 5 heteroatoms. The molecule has 4 rings (SSSR count). The Morgan fingerprint density at radius 3 is 2.60 bits per heavy atom. The number of allylic oxidation sites excluding steroid dienone is 4. The van der Waals surface area contributed by atoms with Crippen LogP contribution in [0.15, 0.2) is 82.6 Å². The minimum atomic E-state index is -0.340. The molecule has 1 amide bonds. The molecule has 5 nitrogen and oxygen atoms in total. The van der Waals surface area contributed by atoms with E-state index >= 15 is 0 Å². The van der Waals surface area contributed by atoms with Crippen molar-refractivity contribution in [2.45, 2.75) is 20.3 Å². The smallest absolute Gasteiger partial charge is 0.280 e. The van der Waals surface area contributed by atoms with Crippen LogP contribution in [-0.4, -0.2) is 24.4 Å². The van der Waals surface area contributed by atoms with E-state index in [2.05, 4.69) is 40.0 Å². The molecule has 1 N–H and O–H groups in total. The Balaban J connectivity index is 1.34. The molecular formula is C25H25N3O2. The molecule has 0 fully saturated rings. The van der Waals surface area contributed by atoms with E-state index < -0.39 is 0 Å². The summed E-state index contributed by atoms with van der Waals surface area (Å²) in [7, 11) is 0. The van der Waals surface area contributed by atoms with Gasteiger partial charge in [0.15, 0.2) is 6.61 Å². The van der Waals surface area contributed by atoms with Crippen molar-refractivity contribution in [1.82, 2.24) is 5.43 Å². The lowest BCUT2D eigenvalue weighted by Crippen LogP contribution is -2.22. The van der Waals surface area contributed by atoms with Crippen molar-refractivity contribution < 1.29 is 9.63 Å². The molecular weight excluding hydrogens is 374 g/mol. The second-order valence-corrected chi connectivity index (χ2v) is 7.68. The number of rotatable bonds is 7. The molecule has 0 spiro atoms. The summed E-state index contributed by atoms with van der Waals surface area (Å²) in [4.78, 5) is 17.2. The fraction of sp³-hybridized carbons (Fsp3) is 0.240. The predicted molar refractivity (Wildman–Crippen MR) is 120 cm³/mol.